The maximum absolute atomic E-state index is 12.6. The third kappa shape index (κ3) is 3.97. The lowest BCUT2D eigenvalue weighted by molar-refractivity contribution is -0.138. The van der Waals surface area contributed by atoms with E-state index in [1.807, 2.05) is 0 Å². The van der Waals surface area contributed by atoms with E-state index in [2.05, 4.69) is 20.7 Å². The number of aromatic nitrogens is 4. The molecule has 0 amide bonds. The van der Waals surface area contributed by atoms with E-state index in [4.69, 9.17) is 5.11 Å². The van der Waals surface area contributed by atoms with Crippen LogP contribution in [0.1, 0.15) is 5.56 Å². The first-order valence-corrected chi connectivity index (χ1v) is 7.36. The molecule has 7 nitrogen and oxygen atoms in total. The summed E-state index contributed by atoms with van der Waals surface area (Å²) in [5.74, 6) is -0.911. The van der Waals surface area contributed by atoms with Crippen LogP contribution in [0.5, 0.6) is 0 Å². The summed E-state index contributed by atoms with van der Waals surface area (Å²) < 4.78 is 37.9. The van der Waals surface area contributed by atoms with Crippen LogP contribution in [0.3, 0.4) is 0 Å². The molecule has 0 saturated carbocycles. The Morgan fingerprint density at radius 1 is 1.12 bits per heavy atom. The number of rotatable bonds is 5. The summed E-state index contributed by atoms with van der Waals surface area (Å²) in [5.41, 5.74) is 0.782. The molecule has 1 aromatic heterocycles. The number of benzene rings is 2. The van der Waals surface area contributed by atoms with Gasteiger partial charge in [0.2, 0.25) is 5.82 Å². The number of aliphatic carboxylic acids is 1. The Balaban J connectivity index is 1.85. The number of carboxylic acids is 1. The van der Waals surface area contributed by atoms with Crippen LogP contribution in [-0.4, -0.2) is 31.3 Å². The maximum atomic E-state index is 12.6. The lowest BCUT2D eigenvalue weighted by atomic mass is 10.1. The van der Waals surface area contributed by atoms with E-state index in [-0.39, 0.29) is 5.82 Å². The average molecular weight is 363 g/mol. The van der Waals surface area contributed by atoms with Crippen molar-refractivity contribution in [2.75, 3.05) is 5.32 Å². The summed E-state index contributed by atoms with van der Waals surface area (Å²) in [5, 5.41) is 23.2. The fraction of sp³-hybridized carbons (Fsp3) is 0.125. The number of anilines is 2. The minimum atomic E-state index is -4.40. The normalized spacial score (nSPS) is 11.3. The van der Waals surface area contributed by atoms with Crippen LogP contribution >= 0.6 is 0 Å². The summed E-state index contributed by atoms with van der Waals surface area (Å²) in [7, 11) is 0. The Labute approximate surface area is 145 Å². The van der Waals surface area contributed by atoms with Gasteiger partial charge in [-0.25, -0.2) is 0 Å². The Morgan fingerprint density at radius 3 is 2.46 bits per heavy atom. The van der Waals surface area contributed by atoms with Crippen LogP contribution in [0, 0.1) is 0 Å². The van der Waals surface area contributed by atoms with Crippen LogP contribution in [0.2, 0.25) is 0 Å². The van der Waals surface area contributed by atoms with Gasteiger partial charge in [-0.15, -0.1) is 10.2 Å². The molecule has 134 valence electrons. The average Bonchev–Trinajstić information content (AvgIpc) is 3.02. The Kier molecular flexibility index (Phi) is 4.57. The van der Waals surface area contributed by atoms with Crippen LogP contribution < -0.4 is 5.32 Å². The Hall–Kier alpha value is -3.43. The number of tetrazole rings is 1. The van der Waals surface area contributed by atoms with Crippen LogP contribution in [0.25, 0.3) is 11.4 Å². The van der Waals surface area contributed by atoms with Crippen molar-refractivity contribution in [2.24, 2.45) is 0 Å². The summed E-state index contributed by atoms with van der Waals surface area (Å²) >= 11 is 0. The number of hydrogen-bond acceptors (Lipinski definition) is 5. The maximum Gasteiger partial charge on any atom is 0.416 e. The third-order valence-corrected chi connectivity index (χ3v) is 3.39. The van der Waals surface area contributed by atoms with Crippen LogP contribution in [0.4, 0.5) is 24.5 Å². The van der Waals surface area contributed by atoms with Crippen molar-refractivity contribution in [2.45, 2.75) is 12.7 Å². The second-order valence-electron chi connectivity index (χ2n) is 5.28. The van der Waals surface area contributed by atoms with Gasteiger partial charge in [-0.1, -0.05) is 12.1 Å². The molecule has 2 N–H and O–H groups in total. The molecular weight excluding hydrogens is 351 g/mol. The fourth-order valence-electron chi connectivity index (χ4n) is 2.22. The third-order valence-electron chi connectivity index (χ3n) is 3.39. The molecule has 0 unspecified atom stereocenters. The van der Waals surface area contributed by atoms with Crippen molar-refractivity contribution in [3.05, 3.63) is 54.1 Å². The van der Waals surface area contributed by atoms with Crippen molar-refractivity contribution in [1.29, 1.82) is 0 Å². The number of hydrogen-bond donors (Lipinski definition) is 2. The predicted octanol–water partition coefficient (Wildman–Crippen LogP) is 3.19. The second-order valence-corrected chi connectivity index (χ2v) is 5.28. The summed E-state index contributed by atoms with van der Waals surface area (Å²) in [6.45, 7) is -0.429. The first-order chi connectivity index (χ1) is 12.3. The second kappa shape index (κ2) is 6.82. The number of nitrogens with zero attached hydrogens (tertiary/aromatic N) is 4. The minimum Gasteiger partial charge on any atom is -0.480 e. The van der Waals surface area contributed by atoms with Gasteiger partial charge in [0.15, 0.2) is 6.54 Å². The van der Waals surface area contributed by atoms with E-state index in [1.165, 1.54) is 12.1 Å². The molecule has 2 aromatic carbocycles. The molecule has 1 heterocycles. The molecule has 0 saturated heterocycles. The Morgan fingerprint density at radius 2 is 1.81 bits per heavy atom. The van der Waals surface area contributed by atoms with Crippen molar-refractivity contribution in [3.8, 4) is 11.4 Å². The van der Waals surface area contributed by atoms with Crippen molar-refractivity contribution < 1.29 is 23.1 Å². The first-order valence-electron chi connectivity index (χ1n) is 7.36. The van der Waals surface area contributed by atoms with Crippen molar-refractivity contribution >= 4 is 17.3 Å². The molecule has 0 radical (unpaired) electrons. The highest BCUT2D eigenvalue weighted by Crippen LogP contribution is 2.32. The van der Waals surface area contributed by atoms with Gasteiger partial charge in [0.05, 0.1) is 5.56 Å². The standard InChI is InChI=1S/C16H12F3N5O2/c17-16(18,19)10-5-7-11(8-6-10)20-13-4-2-1-3-12(13)15-21-23-24(22-15)9-14(25)26/h1-8,20H,9H2,(H,25,26). The Bertz CT molecular complexity index is 922. The number of carboxylic acid groups (broad SMARTS) is 1. The molecule has 3 aromatic rings. The highest BCUT2D eigenvalue weighted by Gasteiger charge is 2.29. The minimum absolute atomic E-state index is 0.196. The SMILES string of the molecule is O=C(O)Cn1nnc(-c2ccccc2Nc2ccc(C(F)(F)F)cc2)n1. The summed E-state index contributed by atoms with van der Waals surface area (Å²) in [4.78, 5) is 11.6. The zero-order valence-corrected chi connectivity index (χ0v) is 13.1. The monoisotopic (exact) mass is 363 g/mol. The van der Waals surface area contributed by atoms with Gasteiger partial charge in [0, 0.05) is 16.9 Å². The van der Waals surface area contributed by atoms with Crippen LogP contribution in [-0.2, 0) is 17.5 Å². The first kappa shape index (κ1) is 17.4. The predicted molar refractivity (Wildman–Crippen MR) is 85.6 cm³/mol. The summed E-state index contributed by atoms with van der Waals surface area (Å²) in [6.07, 6.45) is -4.40. The fourth-order valence-corrected chi connectivity index (χ4v) is 2.22. The van der Waals surface area contributed by atoms with Crippen LogP contribution in [0.15, 0.2) is 48.5 Å². The summed E-state index contributed by atoms with van der Waals surface area (Å²) in [6, 6.07) is 11.4. The number of alkyl halides is 3. The molecule has 26 heavy (non-hydrogen) atoms. The molecule has 0 bridgehead atoms. The zero-order valence-electron chi connectivity index (χ0n) is 13.1. The molecular formula is C16H12F3N5O2. The lowest BCUT2D eigenvalue weighted by Crippen LogP contribution is -2.11. The number of para-hydroxylation sites is 1. The number of nitrogens with one attached hydrogen (secondary N) is 1. The van der Waals surface area contributed by atoms with E-state index in [9.17, 15) is 18.0 Å². The van der Waals surface area contributed by atoms with E-state index < -0.39 is 24.3 Å². The molecule has 0 aliphatic rings. The van der Waals surface area contributed by atoms with E-state index >= 15 is 0 Å². The van der Waals surface area contributed by atoms with Gasteiger partial charge < -0.3 is 10.4 Å². The van der Waals surface area contributed by atoms with Gasteiger partial charge in [0.1, 0.15) is 0 Å². The largest absolute Gasteiger partial charge is 0.480 e. The molecule has 0 spiro atoms. The zero-order chi connectivity index (χ0) is 18.7. The topological polar surface area (TPSA) is 92.9 Å². The molecule has 0 atom stereocenters. The van der Waals surface area contributed by atoms with E-state index in [1.54, 1.807) is 24.3 Å². The van der Waals surface area contributed by atoms with Gasteiger partial charge in [-0.3, -0.25) is 4.79 Å². The molecule has 10 heteroatoms. The van der Waals surface area contributed by atoms with Gasteiger partial charge in [-0.05, 0) is 41.6 Å². The highest BCUT2D eigenvalue weighted by atomic mass is 19.4. The number of carbonyl (C=O) groups is 1. The van der Waals surface area contributed by atoms with E-state index in [0.29, 0.717) is 16.9 Å². The molecule has 3 rings (SSSR count). The quantitative estimate of drug-likeness (QED) is 0.723. The van der Waals surface area contributed by atoms with Crippen molar-refractivity contribution in [1.82, 2.24) is 20.2 Å². The molecule has 0 fully saturated rings. The van der Waals surface area contributed by atoms with Gasteiger partial charge in [-0.2, -0.15) is 18.0 Å². The van der Waals surface area contributed by atoms with Crippen molar-refractivity contribution in [3.63, 3.8) is 0 Å². The lowest BCUT2D eigenvalue weighted by Gasteiger charge is -2.11. The number of halogens is 3. The smallest absolute Gasteiger partial charge is 0.416 e. The highest BCUT2D eigenvalue weighted by molar-refractivity contribution is 5.77. The molecule has 0 aliphatic carbocycles. The van der Waals surface area contributed by atoms with Gasteiger partial charge >= 0.3 is 12.1 Å². The van der Waals surface area contributed by atoms with E-state index in [0.717, 1.165) is 16.9 Å². The molecule has 0 aliphatic heterocycles. The van der Waals surface area contributed by atoms with Gasteiger partial charge in [0.25, 0.3) is 0 Å².